The standard InChI is InChI=1S/C10H17NO3/c1-10(7-14-10)6-11-4-2-8(3-5-11)9(12)13/h8H,2-7H2,1H3,(H,12,13). The lowest BCUT2D eigenvalue weighted by Crippen LogP contribution is -2.40. The van der Waals surface area contributed by atoms with Gasteiger partial charge in [0.05, 0.1) is 12.5 Å². The molecule has 0 aromatic heterocycles. The zero-order valence-corrected chi connectivity index (χ0v) is 8.53. The van der Waals surface area contributed by atoms with Crippen molar-refractivity contribution in [3.8, 4) is 0 Å². The molecule has 0 radical (unpaired) electrons. The number of ether oxygens (including phenoxy) is 1. The van der Waals surface area contributed by atoms with Crippen molar-refractivity contribution in [1.29, 1.82) is 0 Å². The Hall–Kier alpha value is -0.610. The molecular formula is C10H17NO3. The largest absolute Gasteiger partial charge is 0.481 e. The molecule has 4 nitrogen and oxygen atoms in total. The highest BCUT2D eigenvalue weighted by Gasteiger charge is 2.41. The van der Waals surface area contributed by atoms with Gasteiger partial charge in [0, 0.05) is 6.54 Å². The molecule has 0 amide bonds. The molecule has 0 aromatic carbocycles. The van der Waals surface area contributed by atoms with Gasteiger partial charge in [0.2, 0.25) is 0 Å². The van der Waals surface area contributed by atoms with Crippen LogP contribution >= 0.6 is 0 Å². The van der Waals surface area contributed by atoms with E-state index in [2.05, 4.69) is 11.8 Å². The molecule has 2 rings (SSSR count). The molecule has 1 unspecified atom stereocenters. The third-order valence-corrected chi connectivity index (χ3v) is 3.13. The van der Waals surface area contributed by atoms with Gasteiger partial charge in [-0.05, 0) is 32.9 Å². The summed E-state index contributed by atoms with van der Waals surface area (Å²) < 4.78 is 5.32. The van der Waals surface area contributed by atoms with Gasteiger partial charge >= 0.3 is 5.97 Å². The van der Waals surface area contributed by atoms with Crippen molar-refractivity contribution >= 4 is 5.97 Å². The van der Waals surface area contributed by atoms with Crippen LogP contribution in [0, 0.1) is 5.92 Å². The van der Waals surface area contributed by atoms with Crippen molar-refractivity contribution in [1.82, 2.24) is 4.90 Å². The molecule has 80 valence electrons. The third-order valence-electron chi connectivity index (χ3n) is 3.13. The van der Waals surface area contributed by atoms with Gasteiger partial charge in [-0.1, -0.05) is 0 Å². The number of epoxide rings is 1. The van der Waals surface area contributed by atoms with E-state index in [1.807, 2.05) is 0 Å². The Labute approximate surface area is 83.8 Å². The SMILES string of the molecule is CC1(CN2CCC(C(=O)O)CC2)CO1. The molecule has 2 fully saturated rings. The first-order valence-electron chi connectivity index (χ1n) is 5.18. The molecular weight excluding hydrogens is 182 g/mol. The molecule has 1 atom stereocenters. The van der Waals surface area contributed by atoms with Crippen LogP contribution in [0.1, 0.15) is 19.8 Å². The maximum absolute atomic E-state index is 10.7. The summed E-state index contributed by atoms with van der Waals surface area (Å²) in [6.07, 6.45) is 1.57. The minimum absolute atomic E-state index is 0.0655. The number of carboxylic acid groups (broad SMARTS) is 1. The van der Waals surface area contributed by atoms with E-state index < -0.39 is 5.97 Å². The molecule has 2 saturated heterocycles. The van der Waals surface area contributed by atoms with Crippen molar-refractivity contribution in [2.45, 2.75) is 25.4 Å². The van der Waals surface area contributed by atoms with Gasteiger partial charge in [-0.25, -0.2) is 0 Å². The Morgan fingerprint density at radius 1 is 1.57 bits per heavy atom. The van der Waals surface area contributed by atoms with Crippen LogP contribution in [0.15, 0.2) is 0 Å². The number of rotatable bonds is 3. The molecule has 4 heteroatoms. The topological polar surface area (TPSA) is 53.1 Å². The number of aliphatic carboxylic acids is 1. The van der Waals surface area contributed by atoms with E-state index in [0.29, 0.717) is 0 Å². The van der Waals surface area contributed by atoms with E-state index in [4.69, 9.17) is 9.84 Å². The van der Waals surface area contributed by atoms with Crippen LogP contribution in [0.25, 0.3) is 0 Å². The van der Waals surface area contributed by atoms with Gasteiger partial charge in [0.25, 0.3) is 0 Å². The lowest BCUT2D eigenvalue weighted by Gasteiger charge is -2.30. The summed E-state index contributed by atoms with van der Waals surface area (Å²) in [5, 5.41) is 8.83. The number of carboxylic acids is 1. The summed E-state index contributed by atoms with van der Waals surface area (Å²) >= 11 is 0. The summed E-state index contributed by atoms with van der Waals surface area (Å²) in [5.74, 6) is -0.766. The van der Waals surface area contributed by atoms with Crippen molar-refractivity contribution in [2.24, 2.45) is 5.92 Å². The second-order valence-corrected chi connectivity index (χ2v) is 4.63. The third kappa shape index (κ3) is 2.25. The van der Waals surface area contributed by atoms with Crippen LogP contribution in [-0.4, -0.2) is 47.8 Å². The maximum atomic E-state index is 10.7. The van der Waals surface area contributed by atoms with Crippen LogP contribution in [0.3, 0.4) is 0 Å². The lowest BCUT2D eigenvalue weighted by atomic mass is 9.96. The number of hydrogen-bond donors (Lipinski definition) is 1. The summed E-state index contributed by atoms with van der Waals surface area (Å²) in [6, 6.07) is 0. The first-order chi connectivity index (χ1) is 6.59. The Bertz CT molecular complexity index is 230. The number of carbonyl (C=O) groups is 1. The quantitative estimate of drug-likeness (QED) is 0.675. The molecule has 0 saturated carbocycles. The first kappa shape index (κ1) is 9.93. The van der Waals surface area contributed by atoms with Crippen LogP contribution in [0.5, 0.6) is 0 Å². The normalized spacial score (nSPS) is 34.4. The molecule has 14 heavy (non-hydrogen) atoms. The van der Waals surface area contributed by atoms with E-state index in [1.54, 1.807) is 0 Å². The van der Waals surface area contributed by atoms with Crippen LogP contribution in [0.4, 0.5) is 0 Å². The molecule has 1 N–H and O–H groups in total. The highest BCUT2D eigenvalue weighted by Crippen LogP contribution is 2.28. The second kappa shape index (κ2) is 3.51. The molecule has 0 aliphatic carbocycles. The molecule has 2 aliphatic rings. The zero-order valence-electron chi connectivity index (χ0n) is 8.53. The van der Waals surface area contributed by atoms with Crippen LogP contribution < -0.4 is 0 Å². The molecule has 0 bridgehead atoms. The second-order valence-electron chi connectivity index (χ2n) is 4.63. The summed E-state index contributed by atoms with van der Waals surface area (Å²) in [5.41, 5.74) is 0.0655. The van der Waals surface area contributed by atoms with E-state index >= 15 is 0 Å². The summed E-state index contributed by atoms with van der Waals surface area (Å²) in [6.45, 7) is 5.72. The average molecular weight is 199 g/mol. The maximum Gasteiger partial charge on any atom is 0.306 e. The average Bonchev–Trinajstić information content (AvgIpc) is 2.84. The Balaban J connectivity index is 1.75. The van der Waals surface area contributed by atoms with Gasteiger partial charge in [0.1, 0.15) is 5.60 Å². The predicted octanol–water partition coefficient (Wildman–Crippen LogP) is 0.572. The number of nitrogens with zero attached hydrogens (tertiary/aromatic N) is 1. The number of hydrogen-bond acceptors (Lipinski definition) is 3. The van der Waals surface area contributed by atoms with Crippen molar-refractivity contribution in [2.75, 3.05) is 26.2 Å². The fourth-order valence-electron chi connectivity index (χ4n) is 2.03. The zero-order chi connectivity index (χ0) is 10.2. The molecule has 0 spiro atoms. The monoisotopic (exact) mass is 199 g/mol. The Morgan fingerprint density at radius 2 is 2.14 bits per heavy atom. The van der Waals surface area contributed by atoms with Gasteiger partial charge in [0.15, 0.2) is 0 Å². The van der Waals surface area contributed by atoms with E-state index in [9.17, 15) is 4.79 Å². The van der Waals surface area contributed by atoms with Gasteiger partial charge in [-0.2, -0.15) is 0 Å². The first-order valence-corrected chi connectivity index (χ1v) is 5.18. The van der Waals surface area contributed by atoms with E-state index in [-0.39, 0.29) is 11.5 Å². The molecule has 0 aromatic rings. The van der Waals surface area contributed by atoms with E-state index in [1.165, 1.54) is 0 Å². The predicted molar refractivity (Wildman–Crippen MR) is 51.2 cm³/mol. The highest BCUT2D eigenvalue weighted by atomic mass is 16.6. The van der Waals surface area contributed by atoms with E-state index in [0.717, 1.165) is 39.1 Å². The molecule has 2 aliphatic heterocycles. The lowest BCUT2D eigenvalue weighted by molar-refractivity contribution is -0.143. The minimum atomic E-state index is -0.640. The number of likely N-dealkylation sites (tertiary alicyclic amines) is 1. The van der Waals surface area contributed by atoms with Crippen molar-refractivity contribution < 1.29 is 14.6 Å². The fourth-order valence-corrected chi connectivity index (χ4v) is 2.03. The summed E-state index contributed by atoms with van der Waals surface area (Å²) in [7, 11) is 0. The highest BCUT2D eigenvalue weighted by molar-refractivity contribution is 5.70. The van der Waals surface area contributed by atoms with Crippen LogP contribution in [0.2, 0.25) is 0 Å². The van der Waals surface area contributed by atoms with Gasteiger partial charge in [-0.15, -0.1) is 0 Å². The Kier molecular flexibility index (Phi) is 2.49. The van der Waals surface area contributed by atoms with Gasteiger partial charge in [-0.3, -0.25) is 4.79 Å². The van der Waals surface area contributed by atoms with Gasteiger partial charge < -0.3 is 14.7 Å². The molecule has 2 heterocycles. The van der Waals surface area contributed by atoms with Crippen molar-refractivity contribution in [3.05, 3.63) is 0 Å². The summed E-state index contributed by atoms with van der Waals surface area (Å²) in [4.78, 5) is 13.0. The fraction of sp³-hybridized carbons (Fsp3) is 0.900. The number of piperidine rings is 1. The van der Waals surface area contributed by atoms with Crippen LogP contribution in [-0.2, 0) is 9.53 Å². The minimum Gasteiger partial charge on any atom is -0.481 e. The Morgan fingerprint density at radius 3 is 2.57 bits per heavy atom. The van der Waals surface area contributed by atoms with Crippen molar-refractivity contribution in [3.63, 3.8) is 0 Å². The smallest absolute Gasteiger partial charge is 0.306 e.